The summed E-state index contributed by atoms with van der Waals surface area (Å²) in [5.41, 5.74) is 2.49. The summed E-state index contributed by atoms with van der Waals surface area (Å²) in [5.74, 6) is -0.552. The second-order valence-electron chi connectivity index (χ2n) is 6.28. The number of likely N-dealkylation sites (N-methyl/N-ethyl adjacent to an activating group) is 1. The average Bonchev–Trinajstić information content (AvgIpc) is 2.51. The molecular formula is C18H19Cl3N2O3S. The summed E-state index contributed by atoms with van der Waals surface area (Å²) in [6.45, 7) is 4.98. The molecule has 0 spiro atoms. The third-order valence-corrected chi connectivity index (χ3v) is 7.07. The molecule has 0 fully saturated rings. The first-order valence-electron chi connectivity index (χ1n) is 7.92. The summed E-state index contributed by atoms with van der Waals surface area (Å²) in [6.07, 6.45) is 0. The van der Waals surface area contributed by atoms with E-state index in [1.54, 1.807) is 26.0 Å². The standard InChI is InChI=1S/C18H19Cl3N2O3S/c1-10-5-11(2)18(12(3)6-10)27(25,26)23(4)9-17(24)22-16-8-14(20)13(19)7-15(16)21/h5-8H,9H2,1-4H3,(H,22,24). The lowest BCUT2D eigenvalue weighted by atomic mass is 10.1. The molecule has 146 valence electrons. The maximum absolute atomic E-state index is 12.9. The van der Waals surface area contributed by atoms with Crippen molar-refractivity contribution in [2.45, 2.75) is 25.7 Å². The van der Waals surface area contributed by atoms with E-state index in [0.717, 1.165) is 9.87 Å². The van der Waals surface area contributed by atoms with E-state index < -0.39 is 15.9 Å². The Hall–Kier alpha value is -1.31. The first-order chi connectivity index (χ1) is 12.4. The first-order valence-corrected chi connectivity index (χ1v) is 10.5. The highest BCUT2D eigenvalue weighted by atomic mass is 35.5. The van der Waals surface area contributed by atoms with Crippen LogP contribution in [0, 0.1) is 20.8 Å². The van der Waals surface area contributed by atoms with Gasteiger partial charge in [0, 0.05) is 7.05 Å². The van der Waals surface area contributed by atoms with Crippen LogP contribution in [-0.4, -0.2) is 32.2 Å². The number of amides is 1. The summed E-state index contributed by atoms with van der Waals surface area (Å²) in [5, 5.41) is 3.23. The summed E-state index contributed by atoms with van der Waals surface area (Å²) >= 11 is 17.8. The molecule has 0 heterocycles. The Labute approximate surface area is 174 Å². The van der Waals surface area contributed by atoms with Gasteiger partial charge in [0.15, 0.2) is 0 Å². The van der Waals surface area contributed by atoms with Crippen molar-refractivity contribution >= 4 is 56.4 Å². The number of hydrogen-bond donors (Lipinski definition) is 1. The molecule has 1 N–H and O–H groups in total. The number of hydrogen-bond acceptors (Lipinski definition) is 3. The molecule has 0 radical (unpaired) electrons. The second-order valence-corrected chi connectivity index (χ2v) is 9.49. The second kappa shape index (κ2) is 8.37. The van der Waals surface area contributed by atoms with Crippen LogP contribution in [0.5, 0.6) is 0 Å². The summed E-state index contributed by atoms with van der Waals surface area (Å²) < 4.78 is 26.8. The summed E-state index contributed by atoms with van der Waals surface area (Å²) in [4.78, 5) is 12.5. The largest absolute Gasteiger partial charge is 0.324 e. The van der Waals surface area contributed by atoms with E-state index in [-0.39, 0.29) is 32.2 Å². The van der Waals surface area contributed by atoms with E-state index in [1.807, 2.05) is 6.92 Å². The van der Waals surface area contributed by atoms with Gasteiger partial charge in [0.1, 0.15) is 0 Å². The van der Waals surface area contributed by atoms with Crippen molar-refractivity contribution in [1.29, 1.82) is 0 Å². The molecule has 0 bridgehead atoms. The third-order valence-electron chi connectivity index (χ3n) is 3.92. The Morgan fingerprint density at radius 3 is 2.04 bits per heavy atom. The molecule has 0 saturated carbocycles. The van der Waals surface area contributed by atoms with Crippen LogP contribution in [0.3, 0.4) is 0 Å². The van der Waals surface area contributed by atoms with Gasteiger partial charge in [-0.05, 0) is 44.0 Å². The van der Waals surface area contributed by atoms with Gasteiger partial charge in [0.05, 0.1) is 32.2 Å². The molecule has 2 aromatic carbocycles. The van der Waals surface area contributed by atoms with Gasteiger partial charge in [-0.25, -0.2) is 8.42 Å². The number of carbonyl (C=O) groups is 1. The zero-order valence-electron chi connectivity index (χ0n) is 15.2. The van der Waals surface area contributed by atoms with Crippen LogP contribution >= 0.6 is 34.8 Å². The fraction of sp³-hybridized carbons (Fsp3) is 0.278. The molecule has 1 amide bonds. The van der Waals surface area contributed by atoms with Crippen molar-refractivity contribution in [1.82, 2.24) is 4.31 Å². The number of nitrogens with zero attached hydrogens (tertiary/aromatic N) is 1. The molecule has 9 heteroatoms. The van der Waals surface area contributed by atoms with Crippen LogP contribution < -0.4 is 5.32 Å². The van der Waals surface area contributed by atoms with E-state index in [9.17, 15) is 13.2 Å². The molecule has 0 aliphatic heterocycles. The lowest BCUT2D eigenvalue weighted by Gasteiger charge is -2.20. The zero-order valence-corrected chi connectivity index (χ0v) is 18.3. The van der Waals surface area contributed by atoms with Crippen LogP contribution in [0.2, 0.25) is 15.1 Å². The quantitative estimate of drug-likeness (QED) is 0.665. The Morgan fingerprint density at radius 1 is 0.963 bits per heavy atom. The number of benzene rings is 2. The number of halogens is 3. The number of rotatable bonds is 5. The third kappa shape index (κ3) is 4.95. The number of anilines is 1. The normalized spacial score (nSPS) is 11.7. The van der Waals surface area contributed by atoms with Gasteiger partial charge in [0.25, 0.3) is 0 Å². The van der Waals surface area contributed by atoms with Crippen LogP contribution in [-0.2, 0) is 14.8 Å². The van der Waals surface area contributed by atoms with Gasteiger partial charge in [-0.1, -0.05) is 52.5 Å². The Balaban J connectivity index is 2.22. The molecular weight excluding hydrogens is 431 g/mol. The molecule has 2 aromatic rings. The zero-order chi connectivity index (χ0) is 20.5. The average molecular weight is 450 g/mol. The highest BCUT2D eigenvalue weighted by Crippen LogP contribution is 2.32. The first kappa shape index (κ1) is 22.0. The van der Waals surface area contributed by atoms with Crippen molar-refractivity contribution in [2.75, 3.05) is 18.9 Å². The molecule has 27 heavy (non-hydrogen) atoms. The van der Waals surface area contributed by atoms with Gasteiger partial charge in [-0.3, -0.25) is 4.79 Å². The molecule has 0 aliphatic rings. The smallest absolute Gasteiger partial charge is 0.243 e. The minimum Gasteiger partial charge on any atom is -0.324 e. The van der Waals surface area contributed by atoms with Crippen molar-refractivity contribution in [3.8, 4) is 0 Å². The Kier molecular flexibility index (Phi) is 6.81. The predicted octanol–water partition coefficient (Wildman–Crippen LogP) is 4.83. The van der Waals surface area contributed by atoms with Crippen molar-refractivity contribution in [3.05, 3.63) is 56.0 Å². The topological polar surface area (TPSA) is 66.5 Å². The Morgan fingerprint density at radius 2 is 1.48 bits per heavy atom. The number of sulfonamides is 1. The monoisotopic (exact) mass is 448 g/mol. The van der Waals surface area contributed by atoms with Crippen LogP contribution in [0.15, 0.2) is 29.2 Å². The molecule has 5 nitrogen and oxygen atoms in total. The summed E-state index contributed by atoms with van der Waals surface area (Å²) in [7, 11) is -2.49. The van der Waals surface area contributed by atoms with Gasteiger partial charge < -0.3 is 5.32 Å². The highest BCUT2D eigenvalue weighted by molar-refractivity contribution is 7.89. The molecule has 0 atom stereocenters. The lowest BCUT2D eigenvalue weighted by Crippen LogP contribution is -2.35. The molecule has 2 rings (SSSR count). The predicted molar refractivity (Wildman–Crippen MR) is 111 cm³/mol. The van der Waals surface area contributed by atoms with Gasteiger partial charge in [-0.15, -0.1) is 0 Å². The fourth-order valence-corrected chi connectivity index (χ4v) is 4.95. The van der Waals surface area contributed by atoms with Crippen LogP contribution in [0.4, 0.5) is 5.69 Å². The van der Waals surface area contributed by atoms with Crippen LogP contribution in [0.1, 0.15) is 16.7 Å². The van der Waals surface area contributed by atoms with Gasteiger partial charge in [-0.2, -0.15) is 4.31 Å². The SMILES string of the molecule is Cc1cc(C)c(S(=O)(=O)N(C)CC(=O)Nc2cc(Cl)c(Cl)cc2Cl)c(C)c1. The van der Waals surface area contributed by atoms with Crippen LogP contribution in [0.25, 0.3) is 0 Å². The maximum Gasteiger partial charge on any atom is 0.243 e. The van der Waals surface area contributed by atoms with E-state index in [2.05, 4.69) is 5.32 Å². The maximum atomic E-state index is 12.9. The molecule has 0 aliphatic carbocycles. The lowest BCUT2D eigenvalue weighted by molar-refractivity contribution is -0.116. The number of nitrogens with one attached hydrogen (secondary N) is 1. The minimum atomic E-state index is -3.84. The van der Waals surface area contributed by atoms with Gasteiger partial charge in [0.2, 0.25) is 15.9 Å². The van der Waals surface area contributed by atoms with E-state index >= 15 is 0 Å². The Bertz CT molecular complexity index is 984. The molecule has 0 saturated heterocycles. The number of carbonyl (C=O) groups excluding carboxylic acids is 1. The van der Waals surface area contributed by atoms with Crippen molar-refractivity contribution < 1.29 is 13.2 Å². The number of aryl methyl sites for hydroxylation is 3. The minimum absolute atomic E-state index is 0.202. The fourth-order valence-electron chi connectivity index (χ4n) is 2.82. The van der Waals surface area contributed by atoms with Crippen molar-refractivity contribution in [2.24, 2.45) is 0 Å². The highest BCUT2D eigenvalue weighted by Gasteiger charge is 2.26. The van der Waals surface area contributed by atoms with E-state index in [0.29, 0.717) is 11.1 Å². The van der Waals surface area contributed by atoms with Crippen molar-refractivity contribution in [3.63, 3.8) is 0 Å². The molecule has 0 unspecified atom stereocenters. The van der Waals surface area contributed by atoms with E-state index in [1.165, 1.54) is 19.2 Å². The summed E-state index contributed by atoms with van der Waals surface area (Å²) in [6, 6.07) is 6.40. The molecule has 0 aromatic heterocycles. The van der Waals surface area contributed by atoms with E-state index in [4.69, 9.17) is 34.8 Å². The van der Waals surface area contributed by atoms with Gasteiger partial charge >= 0.3 is 0 Å².